The zero-order valence-corrected chi connectivity index (χ0v) is 15.8. The molecule has 0 amide bonds. The summed E-state index contributed by atoms with van der Waals surface area (Å²) in [6.07, 6.45) is 3.58. The standard InChI is InChI=1S/C20H20ClFN4O/c1-11-6-19-23-18-9-14-4-3-13(8-15(18)20(27)26(19)24-11)25(14)10-12-2-5-16(21)17(22)7-12/h2,5-7,13-14,24H,3-4,8-10H2,1H3/t13-,14-/m1/s1. The predicted molar refractivity (Wildman–Crippen MR) is 102 cm³/mol. The van der Waals surface area contributed by atoms with E-state index in [2.05, 4.69) is 10.00 Å². The minimum Gasteiger partial charge on any atom is -0.294 e. The zero-order chi connectivity index (χ0) is 18.7. The van der Waals surface area contributed by atoms with E-state index in [1.807, 2.05) is 19.1 Å². The Bertz CT molecular complexity index is 1110. The van der Waals surface area contributed by atoms with E-state index in [0.717, 1.165) is 41.8 Å². The number of aromatic nitrogens is 3. The van der Waals surface area contributed by atoms with Crippen LogP contribution in [0, 0.1) is 12.7 Å². The van der Waals surface area contributed by atoms with E-state index >= 15 is 0 Å². The first-order chi connectivity index (χ1) is 13.0. The van der Waals surface area contributed by atoms with Crippen LogP contribution in [0.2, 0.25) is 5.02 Å². The predicted octanol–water partition coefficient (Wildman–Crippen LogP) is 3.26. The fraction of sp³-hybridized carbons (Fsp3) is 0.400. The molecule has 5 nitrogen and oxygen atoms in total. The van der Waals surface area contributed by atoms with Crippen molar-refractivity contribution in [2.75, 3.05) is 0 Å². The highest BCUT2D eigenvalue weighted by molar-refractivity contribution is 6.30. The lowest BCUT2D eigenvalue weighted by molar-refractivity contribution is 0.187. The Morgan fingerprint density at radius 3 is 2.81 bits per heavy atom. The number of benzene rings is 1. The molecule has 1 aromatic carbocycles. The van der Waals surface area contributed by atoms with Gasteiger partial charge in [0.05, 0.1) is 10.7 Å². The maximum atomic E-state index is 13.8. The molecule has 2 bridgehead atoms. The van der Waals surface area contributed by atoms with Gasteiger partial charge in [0, 0.05) is 42.4 Å². The van der Waals surface area contributed by atoms with Crippen LogP contribution in [0.15, 0.2) is 29.1 Å². The number of nitrogens with zero attached hydrogens (tertiary/aromatic N) is 3. The molecule has 1 saturated heterocycles. The molecule has 27 heavy (non-hydrogen) atoms. The lowest BCUT2D eigenvalue weighted by Crippen LogP contribution is -2.36. The Labute approximate surface area is 160 Å². The third-order valence-electron chi connectivity index (χ3n) is 5.91. The number of aryl methyl sites for hydroxylation is 1. The molecular weight excluding hydrogens is 367 g/mol. The lowest BCUT2D eigenvalue weighted by Gasteiger charge is -2.27. The Morgan fingerprint density at radius 2 is 2.04 bits per heavy atom. The fourth-order valence-corrected chi connectivity index (χ4v) is 4.74. The summed E-state index contributed by atoms with van der Waals surface area (Å²) < 4.78 is 15.4. The lowest BCUT2D eigenvalue weighted by atomic mass is 9.98. The summed E-state index contributed by atoms with van der Waals surface area (Å²) in [7, 11) is 0. The second kappa shape index (κ2) is 6.17. The number of halogens is 2. The van der Waals surface area contributed by atoms with Crippen LogP contribution >= 0.6 is 11.6 Å². The quantitative estimate of drug-likeness (QED) is 0.735. The molecule has 5 rings (SSSR count). The van der Waals surface area contributed by atoms with Crippen LogP contribution in [0.5, 0.6) is 0 Å². The molecular formula is C20H20ClFN4O. The highest BCUT2D eigenvalue weighted by Crippen LogP contribution is 2.34. The summed E-state index contributed by atoms with van der Waals surface area (Å²) >= 11 is 5.81. The van der Waals surface area contributed by atoms with Crippen molar-refractivity contribution in [2.45, 2.75) is 51.2 Å². The number of hydrogen-bond donors (Lipinski definition) is 1. The molecule has 140 valence electrons. The van der Waals surface area contributed by atoms with Gasteiger partial charge >= 0.3 is 0 Å². The van der Waals surface area contributed by atoms with Crippen LogP contribution < -0.4 is 5.56 Å². The summed E-state index contributed by atoms with van der Waals surface area (Å²) in [5.41, 5.74) is 4.25. The van der Waals surface area contributed by atoms with Crippen molar-refractivity contribution in [1.29, 1.82) is 0 Å². The largest absolute Gasteiger partial charge is 0.294 e. The van der Waals surface area contributed by atoms with Gasteiger partial charge in [-0.1, -0.05) is 17.7 Å². The molecule has 0 aliphatic carbocycles. The van der Waals surface area contributed by atoms with E-state index in [1.54, 1.807) is 10.6 Å². The smallest absolute Gasteiger partial charge is 0.276 e. The maximum Gasteiger partial charge on any atom is 0.276 e. The van der Waals surface area contributed by atoms with Gasteiger partial charge in [-0.3, -0.25) is 14.8 Å². The van der Waals surface area contributed by atoms with Gasteiger partial charge in [-0.25, -0.2) is 13.9 Å². The van der Waals surface area contributed by atoms with Crippen molar-refractivity contribution < 1.29 is 4.39 Å². The number of aromatic amines is 1. The zero-order valence-electron chi connectivity index (χ0n) is 15.0. The van der Waals surface area contributed by atoms with Crippen LogP contribution in [0.3, 0.4) is 0 Å². The second-order valence-corrected chi connectivity index (χ2v) is 8.10. The number of nitrogens with one attached hydrogen (secondary N) is 1. The van der Waals surface area contributed by atoms with Crippen molar-refractivity contribution in [3.05, 3.63) is 68.0 Å². The summed E-state index contributed by atoms with van der Waals surface area (Å²) in [5, 5.41) is 3.22. The van der Waals surface area contributed by atoms with Crippen molar-refractivity contribution in [3.8, 4) is 0 Å². The number of H-pyrrole nitrogens is 1. The average molecular weight is 387 g/mol. The average Bonchev–Trinajstić information content (AvgIpc) is 3.12. The minimum atomic E-state index is -0.385. The van der Waals surface area contributed by atoms with Crippen molar-refractivity contribution >= 4 is 17.2 Å². The molecule has 0 spiro atoms. The Balaban J connectivity index is 1.51. The van der Waals surface area contributed by atoms with Gasteiger partial charge in [-0.15, -0.1) is 0 Å². The van der Waals surface area contributed by atoms with Gasteiger partial charge in [0.1, 0.15) is 5.82 Å². The van der Waals surface area contributed by atoms with Crippen molar-refractivity contribution in [1.82, 2.24) is 19.5 Å². The molecule has 2 atom stereocenters. The topological polar surface area (TPSA) is 53.4 Å². The number of hydrogen-bond acceptors (Lipinski definition) is 3. The first-order valence-corrected chi connectivity index (χ1v) is 9.67. The summed E-state index contributed by atoms with van der Waals surface area (Å²) in [5.74, 6) is -0.385. The van der Waals surface area contributed by atoms with E-state index in [4.69, 9.17) is 16.6 Å². The Hall–Kier alpha value is -2.18. The molecule has 1 N–H and O–H groups in total. The summed E-state index contributed by atoms with van der Waals surface area (Å²) in [6, 6.07) is 7.50. The monoisotopic (exact) mass is 386 g/mol. The van der Waals surface area contributed by atoms with Crippen LogP contribution in [0.1, 0.15) is 35.4 Å². The number of rotatable bonds is 2. The molecule has 0 saturated carbocycles. The normalized spacial score (nSPS) is 22.2. The van der Waals surface area contributed by atoms with E-state index in [0.29, 0.717) is 24.7 Å². The van der Waals surface area contributed by atoms with Crippen LogP contribution in [0.4, 0.5) is 4.39 Å². The Morgan fingerprint density at radius 1 is 1.26 bits per heavy atom. The molecule has 2 aliphatic heterocycles. The fourth-order valence-electron chi connectivity index (χ4n) is 4.62. The SMILES string of the molecule is Cc1cc2nc3c(c(=O)n2[nH]1)C[C@H]1CC[C@H](C3)N1Cc1ccc(Cl)c(F)c1. The molecule has 7 heteroatoms. The van der Waals surface area contributed by atoms with Gasteiger partial charge in [0.15, 0.2) is 5.65 Å². The Kier molecular flexibility index (Phi) is 3.88. The van der Waals surface area contributed by atoms with E-state index in [-0.39, 0.29) is 22.4 Å². The van der Waals surface area contributed by atoms with Gasteiger partial charge in [0.25, 0.3) is 5.56 Å². The molecule has 2 aliphatic rings. The molecule has 4 heterocycles. The van der Waals surface area contributed by atoms with Crippen molar-refractivity contribution in [3.63, 3.8) is 0 Å². The van der Waals surface area contributed by atoms with Gasteiger partial charge < -0.3 is 0 Å². The first kappa shape index (κ1) is 17.0. The number of fused-ring (bicyclic) bond motifs is 4. The van der Waals surface area contributed by atoms with Gasteiger partial charge in [-0.2, -0.15) is 0 Å². The third-order valence-corrected chi connectivity index (χ3v) is 6.22. The summed E-state index contributed by atoms with van der Waals surface area (Å²) in [4.78, 5) is 20.2. The minimum absolute atomic E-state index is 0.00753. The highest BCUT2D eigenvalue weighted by Gasteiger charge is 2.38. The van der Waals surface area contributed by atoms with E-state index < -0.39 is 0 Å². The molecule has 0 radical (unpaired) electrons. The van der Waals surface area contributed by atoms with E-state index in [1.165, 1.54) is 6.07 Å². The van der Waals surface area contributed by atoms with Crippen LogP contribution in [0.25, 0.3) is 5.65 Å². The second-order valence-electron chi connectivity index (χ2n) is 7.69. The van der Waals surface area contributed by atoms with Crippen LogP contribution in [-0.4, -0.2) is 31.6 Å². The maximum absolute atomic E-state index is 13.8. The molecule has 1 fully saturated rings. The molecule has 3 aromatic rings. The first-order valence-electron chi connectivity index (χ1n) is 9.29. The van der Waals surface area contributed by atoms with Gasteiger partial charge in [0.2, 0.25) is 0 Å². The molecule has 0 unspecified atom stereocenters. The molecule has 2 aromatic heterocycles. The third kappa shape index (κ3) is 2.78. The highest BCUT2D eigenvalue weighted by atomic mass is 35.5. The van der Waals surface area contributed by atoms with Crippen LogP contribution in [-0.2, 0) is 19.4 Å². The summed E-state index contributed by atoms with van der Waals surface area (Å²) in [6.45, 7) is 2.59. The van der Waals surface area contributed by atoms with Gasteiger partial charge in [-0.05, 0) is 43.9 Å². The van der Waals surface area contributed by atoms with Crippen molar-refractivity contribution in [2.24, 2.45) is 0 Å². The van der Waals surface area contributed by atoms with E-state index in [9.17, 15) is 9.18 Å².